The first-order chi connectivity index (χ1) is 10.2. The summed E-state index contributed by atoms with van der Waals surface area (Å²) < 4.78 is 0. The van der Waals surface area contributed by atoms with Crippen molar-refractivity contribution in [3.8, 4) is 0 Å². The second-order valence-electron chi connectivity index (χ2n) is 6.80. The van der Waals surface area contributed by atoms with Gasteiger partial charge in [-0.3, -0.25) is 0 Å². The number of rotatable bonds is 7. The fraction of sp³-hybridized carbons (Fsp3) is 0.579. The van der Waals surface area contributed by atoms with Gasteiger partial charge in [0.15, 0.2) is 0 Å². The maximum Gasteiger partial charge on any atom is 0.0363 e. The normalized spacial score (nSPS) is 28.0. The fourth-order valence-corrected chi connectivity index (χ4v) is 4.01. The SMILES string of the molecule is CC(NCCCN(C)c1ccccc1)C1CC2C=CC1C2. The van der Waals surface area contributed by atoms with E-state index in [9.17, 15) is 0 Å². The first-order valence-corrected chi connectivity index (χ1v) is 8.42. The molecule has 21 heavy (non-hydrogen) atoms. The highest BCUT2D eigenvalue weighted by Gasteiger charge is 2.38. The number of para-hydroxylation sites is 1. The third-order valence-electron chi connectivity index (χ3n) is 5.31. The summed E-state index contributed by atoms with van der Waals surface area (Å²) in [6.45, 7) is 4.61. The van der Waals surface area contributed by atoms with E-state index >= 15 is 0 Å². The lowest BCUT2D eigenvalue weighted by atomic mass is 9.87. The van der Waals surface area contributed by atoms with Crippen molar-refractivity contribution in [3.05, 3.63) is 42.5 Å². The average molecular weight is 284 g/mol. The van der Waals surface area contributed by atoms with Gasteiger partial charge in [-0.15, -0.1) is 0 Å². The zero-order valence-corrected chi connectivity index (χ0v) is 13.3. The largest absolute Gasteiger partial charge is 0.375 e. The molecule has 0 spiro atoms. The molecule has 4 unspecified atom stereocenters. The topological polar surface area (TPSA) is 15.3 Å². The minimum absolute atomic E-state index is 0.659. The molecule has 0 saturated heterocycles. The van der Waals surface area contributed by atoms with Gasteiger partial charge in [-0.1, -0.05) is 30.4 Å². The Balaban J connectivity index is 1.36. The van der Waals surface area contributed by atoms with Crippen LogP contribution in [0.2, 0.25) is 0 Å². The highest BCUT2D eigenvalue weighted by atomic mass is 15.1. The molecule has 2 bridgehead atoms. The van der Waals surface area contributed by atoms with Crippen LogP contribution in [0.25, 0.3) is 0 Å². The lowest BCUT2D eigenvalue weighted by Crippen LogP contribution is -2.37. The lowest BCUT2D eigenvalue weighted by Gasteiger charge is -2.27. The van der Waals surface area contributed by atoms with Crippen molar-refractivity contribution in [2.24, 2.45) is 17.8 Å². The summed E-state index contributed by atoms with van der Waals surface area (Å²) in [5.41, 5.74) is 1.31. The second-order valence-corrected chi connectivity index (χ2v) is 6.80. The van der Waals surface area contributed by atoms with Crippen molar-refractivity contribution >= 4 is 5.69 Å². The molecule has 0 amide bonds. The van der Waals surface area contributed by atoms with Gasteiger partial charge in [-0.25, -0.2) is 0 Å². The van der Waals surface area contributed by atoms with Crippen LogP contribution in [0.1, 0.15) is 26.2 Å². The van der Waals surface area contributed by atoms with Crippen molar-refractivity contribution in [2.75, 3.05) is 25.0 Å². The fourth-order valence-electron chi connectivity index (χ4n) is 4.01. The number of fused-ring (bicyclic) bond motifs is 2. The van der Waals surface area contributed by atoms with Gasteiger partial charge in [0.05, 0.1) is 0 Å². The third-order valence-corrected chi connectivity index (χ3v) is 5.31. The van der Waals surface area contributed by atoms with E-state index in [-0.39, 0.29) is 0 Å². The summed E-state index contributed by atoms with van der Waals surface area (Å²) in [7, 11) is 2.18. The number of hydrogen-bond acceptors (Lipinski definition) is 2. The molecule has 0 radical (unpaired) electrons. The number of hydrogen-bond donors (Lipinski definition) is 1. The molecule has 1 aromatic rings. The Labute approximate surface area is 129 Å². The minimum Gasteiger partial charge on any atom is -0.375 e. The maximum absolute atomic E-state index is 3.76. The molecular weight excluding hydrogens is 256 g/mol. The van der Waals surface area contributed by atoms with E-state index in [1.165, 1.54) is 24.9 Å². The van der Waals surface area contributed by atoms with Gasteiger partial charge in [0.2, 0.25) is 0 Å². The van der Waals surface area contributed by atoms with Crippen LogP contribution in [0.5, 0.6) is 0 Å². The van der Waals surface area contributed by atoms with E-state index < -0.39 is 0 Å². The Morgan fingerprint density at radius 2 is 2.00 bits per heavy atom. The molecule has 1 N–H and O–H groups in total. The van der Waals surface area contributed by atoms with E-state index in [0.717, 1.165) is 30.8 Å². The summed E-state index contributed by atoms with van der Waals surface area (Å²) in [5.74, 6) is 2.60. The standard InChI is InChI=1S/C19H28N2/c1-15(19-14-16-9-10-17(19)13-16)20-11-6-12-21(2)18-7-4-3-5-8-18/h3-5,7-10,15-17,19-20H,6,11-14H2,1-2H3. The predicted octanol–water partition coefficient (Wildman–Crippen LogP) is 3.70. The van der Waals surface area contributed by atoms with Gasteiger partial charge < -0.3 is 10.2 Å². The Morgan fingerprint density at radius 3 is 2.67 bits per heavy atom. The summed E-state index contributed by atoms with van der Waals surface area (Å²) in [6.07, 6.45) is 8.90. The Bertz CT molecular complexity index is 468. The molecule has 0 aromatic heterocycles. The van der Waals surface area contributed by atoms with Crippen molar-refractivity contribution < 1.29 is 0 Å². The quantitative estimate of drug-likeness (QED) is 0.606. The highest BCUT2D eigenvalue weighted by molar-refractivity contribution is 5.44. The van der Waals surface area contributed by atoms with Crippen LogP contribution in [0, 0.1) is 17.8 Å². The van der Waals surface area contributed by atoms with E-state index in [1.807, 2.05) is 0 Å². The van der Waals surface area contributed by atoms with Gasteiger partial charge in [0, 0.05) is 25.3 Å². The van der Waals surface area contributed by atoms with Gasteiger partial charge in [0.25, 0.3) is 0 Å². The molecule has 2 aliphatic rings. The van der Waals surface area contributed by atoms with Crippen molar-refractivity contribution in [1.29, 1.82) is 0 Å². The first-order valence-electron chi connectivity index (χ1n) is 8.42. The summed E-state index contributed by atoms with van der Waals surface area (Å²) >= 11 is 0. The van der Waals surface area contributed by atoms with Gasteiger partial charge in [0.1, 0.15) is 0 Å². The van der Waals surface area contributed by atoms with E-state index in [2.05, 4.69) is 66.7 Å². The lowest BCUT2D eigenvalue weighted by molar-refractivity contribution is 0.327. The molecule has 2 aliphatic carbocycles. The molecule has 2 nitrogen and oxygen atoms in total. The summed E-state index contributed by atoms with van der Waals surface area (Å²) in [6, 6.07) is 11.3. The van der Waals surface area contributed by atoms with Gasteiger partial charge >= 0.3 is 0 Å². The molecule has 0 aliphatic heterocycles. The Kier molecular flexibility index (Phi) is 4.64. The third kappa shape index (κ3) is 3.49. The molecule has 3 rings (SSSR count). The molecule has 4 atom stereocenters. The first kappa shape index (κ1) is 14.6. The Hall–Kier alpha value is -1.28. The summed E-state index contributed by atoms with van der Waals surface area (Å²) in [4.78, 5) is 2.34. The predicted molar refractivity (Wildman–Crippen MR) is 90.6 cm³/mol. The van der Waals surface area contributed by atoms with E-state index in [4.69, 9.17) is 0 Å². The molecular formula is C19H28N2. The number of benzene rings is 1. The van der Waals surface area contributed by atoms with Crippen molar-refractivity contribution in [1.82, 2.24) is 5.32 Å². The second kappa shape index (κ2) is 6.65. The number of anilines is 1. The number of nitrogens with zero attached hydrogens (tertiary/aromatic N) is 1. The number of nitrogens with one attached hydrogen (secondary N) is 1. The monoisotopic (exact) mass is 284 g/mol. The zero-order valence-electron chi connectivity index (χ0n) is 13.3. The van der Waals surface area contributed by atoms with Crippen LogP contribution in [0.3, 0.4) is 0 Å². The summed E-state index contributed by atoms with van der Waals surface area (Å²) in [5, 5.41) is 3.76. The average Bonchev–Trinajstić information content (AvgIpc) is 3.15. The molecule has 0 heterocycles. The van der Waals surface area contributed by atoms with Crippen LogP contribution in [-0.4, -0.2) is 26.2 Å². The van der Waals surface area contributed by atoms with Crippen LogP contribution >= 0.6 is 0 Å². The number of allylic oxidation sites excluding steroid dienone is 2. The molecule has 114 valence electrons. The van der Waals surface area contributed by atoms with Gasteiger partial charge in [-0.05, 0) is 62.6 Å². The van der Waals surface area contributed by atoms with Crippen LogP contribution < -0.4 is 10.2 Å². The molecule has 1 fully saturated rings. The van der Waals surface area contributed by atoms with Crippen molar-refractivity contribution in [2.45, 2.75) is 32.2 Å². The highest BCUT2D eigenvalue weighted by Crippen LogP contribution is 2.44. The van der Waals surface area contributed by atoms with Crippen molar-refractivity contribution in [3.63, 3.8) is 0 Å². The zero-order chi connectivity index (χ0) is 14.7. The molecule has 2 heteroatoms. The molecule has 1 aromatic carbocycles. The minimum atomic E-state index is 0.659. The van der Waals surface area contributed by atoms with Crippen LogP contribution in [0.15, 0.2) is 42.5 Å². The van der Waals surface area contributed by atoms with E-state index in [1.54, 1.807) is 0 Å². The van der Waals surface area contributed by atoms with Gasteiger partial charge in [-0.2, -0.15) is 0 Å². The van der Waals surface area contributed by atoms with Crippen LogP contribution in [-0.2, 0) is 0 Å². The maximum atomic E-state index is 3.76. The van der Waals surface area contributed by atoms with E-state index in [0.29, 0.717) is 6.04 Å². The van der Waals surface area contributed by atoms with Crippen LogP contribution in [0.4, 0.5) is 5.69 Å². The smallest absolute Gasteiger partial charge is 0.0363 e. The Morgan fingerprint density at radius 1 is 1.19 bits per heavy atom. The molecule has 1 saturated carbocycles.